The third-order valence-electron chi connectivity index (χ3n) is 3.92. The number of pyridine rings is 1. The molecule has 2 aliphatic heterocycles. The van der Waals surface area contributed by atoms with Crippen LogP contribution in [0.1, 0.15) is 36.0 Å². The van der Waals surface area contributed by atoms with E-state index in [-0.39, 0.29) is 24.1 Å². The molecule has 2 aliphatic rings. The van der Waals surface area contributed by atoms with Crippen molar-refractivity contribution in [2.45, 2.75) is 43.9 Å². The first kappa shape index (κ1) is 11.6. The van der Waals surface area contributed by atoms with Gasteiger partial charge in [0.15, 0.2) is 0 Å². The van der Waals surface area contributed by atoms with Gasteiger partial charge in [-0.3, -0.25) is 4.79 Å². The molecule has 3 rings (SSSR count). The van der Waals surface area contributed by atoms with Gasteiger partial charge < -0.3 is 10.0 Å². The zero-order valence-corrected chi connectivity index (χ0v) is 9.92. The van der Waals surface area contributed by atoms with Gasteiger partial charge in [-0.2, -0.15) is 4.39 Å². The Balaban J connectivity index is 1.83. The minimum Gasteiger partial charge on any atom is -0.393 e. The molecule has 2 saturated heterocycles. The average molecular weight is 250 g/mol. The maximum absolute atomic E-state index is 12.7. The van der Waals surface area contributed by atoms with Crippen molar-refractivity contribution in [2.24, 2.45) is 0 Å². The summed E-state index contributed by atoms with van der Waals surface area (Å²) in [5.74, 6) is -0.675. The van der Waals surface area contributed by atoms with E-state index in [1.807, 2.05) is 4.90 Å². The molecule has 1 aromatic heterocycles. The third-order valence-corrected chi connectivity index (χ3v) is 3.92. The Morgan fingerprint density at radius 1 is 1.33 bits per heavy atom. The molecular weight excluding hydrogens is 235 g/mol. The number of aliphatic hydroxyl groups is 1. The molecule has 2 fully saturated rings. The van der Waals surface area contributed by atoms with Crippen LogP contribution < -0.4 is 0 Å². The van der Waals surface area contributed by atoms with Gasteiger partial charge in [-0.25, -0.2) is 4.98 Å². The van der Waals surface area contributed by atoms with Crippen LogP contribution in [0, 0.1) is 5.95 Å². The molecule has 2 unspecified atom stereocenters. The molecule has 2 bridgehead atoms. The molecule has 0 saturated carbocycles. The third kappa shape index (κ3) is 1.88. The van der Waals surface area contributed by atoms with Crippen molar-refractivity contribution in [3.05, 3.63) is 29.8 Å². The van der Waals surface area contributed by atoms with Gasteiger partial charge in [-0.1, -0.05) is 0 Å². The number of carbonyl (C=O) groups excluding carboxylic acids is 1. The highest BCUT2D eigenvalue weighted by Gasteiger charge is 2.42. The molecule has 1 N–H and O–H groups in total. The highest BCUT2D eigenvalue weighted by atomic mass is 19.1. The number of rotatable bonds is 1. The zero-order valence-electron chi connectivity index (χ0n) is 9.92. The zero-order chi connectivity index (χ0) is 12.7. The first-order chi connectivity index (χ1) is 8.65. The molecule has 3 heterocycles. The van der Waals surface area contributed by atoms with E-state index >= 15 is 0 Å². The lowest BCUT2D eigenvalue weighted by Crippen LogP contribution is -2.48. The Bertz CT molecular complexity index is 449. The van der Waals surface area contributed by atoms with Gasteiger partial charge in [0.05, 0.1) is 11.7 Å². The van der Waals surface area contributed by atoms with E-state index in [4.69, 9.17) is 0 Å². The quantitative estimate of drug-likeness (QED) is 0.765. The minimum absolute atomic E-state index is 0.0955. The smallest absolute Gasteiger partial charge is 0.255 e. The molecule has 4 nitrogen and oxygen atoms in total. The Labute approximate surface area is 104 Å². The van der Waals surface area contributed by atoms with Gasteiger partial charge in [-0.05, 0) is 37.8 Å². The van der Waals surface area contributed by atoms with Crippen LogP contribution >= 0.6 is 0 Å². The van der Waals surface area contributed by atoms with E-state index in [1.165, 1.54) is 18.3 Å². The molecule has 2 atom stereocenters. The van der Waals surface area contributed by atoms with Gasteiger partial charge in [0.1, 0.15) is 0 Å². The van der Waals surface area contributed by atoms with Crippen LogP contribution in [0.15, 0.2) is 18.3 Å². The molecule has 0 aromatic carbocycles. The second kappa shape index (κ2) is 4.31. The monoisotopic (exact) mass is 250 g/mol. The fourth-order valence-corrected chi connectivity index (χ4v) is 3.13. The molecule has 5 heteroatoms. The number of nitrogens with zero attached hydrogens (tertiary/aromatic N) is 2. The number of piperidine rings is 1. The number of halogens is 1. The van der Waals surface area contributed by atoms with Crippen molar-refractivity contribution >= 4 is 5.91 Å². The number of aliphatic hydroxyl groups excluding tert-OH is 1. The lowest BCUT2D eigenvalue weighted by molar-refractivity contribution is 0.0286. The minimum atomic E-state index is -0.580. The largest absolute Gasteiger partial charge is 0.393 e. The second-order valence-electron chi connectivity index (χ2n) is 5.09. The van der Waals surface area contributed by atoms with Crippen molar-refractivity contribution < 1.29 is 14.3 Å². The van der Waals surface area contributed by atoms with Crippen molar-refractivity contribution in [1.29, 1.82) is 0 Å². The van der Waals surface area contributed by atoms with E-state index in [9.17, 15) is 14.3 Å². The Morgan fingerprint density at radius 3 is 2.56 bits per heavy atom. The number of amides is 1. The summed E-state index contributed by atoms with van der Waals surface area (Å²) in [6.07, 6.45) is 4.18. The maximum Gasteiger partial charge on any atom is 0.255 e. The molecule has 0 aliphatic carbocycles. The summed E-state index contributed by atoms with van der Waals surface area (Å²) in [5, 5.41) is 9.70. The van der Waals surface area contributed by atoms with Crippen molar-refractivity contribution in [3.8, 4) is 0 Å². The van der Waals surface area contributed by atoms with Gasteiger partial charge >= 0.3 is 0 Å². The lowest BCUT2D eigenvalue weighted by atomic mass is 9.99. The Morgan fingerprint density at radius 2 is 2.00 bits per heavy atom. The molecule has 96 valence electrons. The number of hydrogen-bond donors (Lipinski definition) is 1. The van der Waals surface area contributed by atoms with E-state index in [2.05, 4.69) is 4.98 Å². The molecule has 18 heavy (non-hydrogen) atoms. The van der Waals surface area contributed by atoms with E-state index in [1.54, 1.807) is 0 Å². The lowest BCUT2D eigenvalue weighted by Gasteiger charge is -2.37. The molecular formula is C13H15FN2O2. The molecule has 1 amide bonds. The van der Waals surface area contributed by atoms with Crippen LogP contribution in [-0.4, -0.2) is 39.1 Å². The van der Waals surface area contributed by atoms with Crippen LogP contribution in [0.3, 0.4) is 0 Å². The van der Waals surface area contributed by atoms with Crippen LogP contribution in [0.5, 0.6) is 0 Å². The molecule has 0 radical (unpaired) electrons. The Hall–Kier alpha value is -1.49. The van der Waals surface area contributed by atoms with E-state index in [0.717, 1.165) is 12.8 Å². The van der Waals surface area contributed by atoms with Gasteiger partial charge in [0, 0.05) is 18.3 Å². The predicted octanol–water partition coefficient (Wildman–Crippen LogP) is 1.35. The Kier molecular flexibility index (Phi) is 2.78. The van der Waals surface area contributed by atoms with Gasteiger partial charge in [0.25, 0.3) is 5.91 Å². The second-order valence-corrected chi connectivity index (χ2v) is 5.09. The van der Waals surface area contributed by atoms with E-state index < -0.39 is 5.95 Å². The van der Waals surface area contributed by atoms with Crippen LogP contribution in [0.4, 0.5) is 4.39 Å². The fourth-order valence-electron chi connectivity index (χ4n) is 3.13. The van der Waals surface area contributed by atoms with Crippen LogP contribution in [0.25, 0.3) is 0 Å². The van der Waals surface area contributed by atoms with Crippen molar-refractivity contribution in [1.82, 2.24) is 9.88 Å². The fraction of sp³-hybridized carbons (Fsp3) is 0.538. The predicted molar refractivity (Wildman–Crippen MR) is 62.4 cm³/mol. The summed E-state index contributed by atoms with van der Waals surface area (Å²) < 4.78 is 12.7. The van der Waals surface area contributed by atoms with Gasteiger partial charge in [0.2, 0.25) is 5.95 Å². The summed E-state index contributed by atoms with van der Waals surface area (Å²) in [5.41, 5.74) is 0.421. The summed E-state index contributed by atoms with van der Waals surface area (Å²) >= 11 is 0. The normalized spacial score (nSPS) is 30.6. The first-order valence-corrected chi connectivity index (χ1v) is 6.27. The summed E-state index contributed by atoms with van der Waals surface area (Å²) in [7, 11) is 0. The standard InChI is InChI=1S/C13H15FN2O2/c14-12-4-1-8(7-15-12)13(18)16-9-2-3-10(16)6-11(17)5-9/h1,4,7,9-11,17H,2-3,5-6H2. The molecule has 1 aromatic rings. The van der Waals surface area contributed by atoms with E-state index in [0.29, 0.717) is 18.4 Å². The maximum atomic E-state index is 12.7. The average Bonchev–Trinajstić information content (AvgIpc) is 2.62. The number of fused-ring (bicyclic) bond motifs is 2. The summed E-state index contributed by atoms with van der Waals surface area (Å²) in [6, 6.07) is 2.91. The van der Waals surface area contributed by atoms with Crippen molar-refractivity contribution in [3.63, 3.8) is 0 Å². The molecule has 0 spiro atoms. The summed E-state index contributed by atoms with van der Waals surface area (Å²) in [6.45, 7) is 0. The topological polar surface area (TPSA) is 53.4 Å². The number of hydrogen-bond acceptors (Lipinski definition) is 3. The highest BCUT2D eigenvalue weighted by Crippen LogP contribution is 2.36. The highest BCUT2D eigenvalue weighted by molar-refractivity contribution is 5.94. The van der Waals surface area contributed by atoms with Gasteiger partial charge in [-0.15, -0.1) is 0 Å². The first-order valence-electron chi connectivity index (χ1n) is 6.27. The number of aromatic nitrogens is 1. The number of carbonyl (C=O) groups is 1. The SMILES string of the molecule is O=C(c1ccc(F)nc1)N1C2CCC1CC(O)C2. The van der Waals surface area contributed by atoms with Crippen LogP contribution in [0.2, 0.25) is 0 Å². The summed E-state index contributed by atoms with van der Waals surface area (Å²) in [4.78, 5) is 17.7. The van der Waals surface area contributed by atoms with Crippen LogP contribution in [-0.2, 0) is 0 Å². The van der Waals surface area contributed by atoms with Crippen molar-refractivity contribution in [2.75, 3.05) is 0 Å².